The maximum atomic E-state index is 3.57. The predicted molar refractivity (Wildman–Crippen MR) is 89.2 cm³/mol. The van der Waals surface area contributed by atoms with Crippen LogP contribution in [0.25, 0.3) is 0 Å². The summed E-state index contributed by atoms with van der Waals surface area (Å²) in [7, 11) is 0. The Labute approximate surface area is 125 Å². The minimum atomic E-state index is 0.983. The van der Waals surface area contributed by atoms with Crippen LogP contribution in [0.3, 0.4) is 0 Å². The molecular formula is C16H34N2S. The lowest BCUT2D eigenvalue weighted by Gasteiger charge is -2.29. The van der Waals surface area contributed by atoms with E-state index in [0.717, 1.165) is 19.0 Å². The Morgan fingerprint density at radius 2 is 1.89 bits per heavy atom. The Morgan fingerprint density at radius 3 is 2.58 bits per heavy atom. The Kier molecular flexibility index (Phi) is 11.0. The van der Waals surface area contributed by atoms with Crippen LogP contribution in [0.15, 0.2) is 0 Å². The number of thioether (sulfide) groups is 1. The molecule has 1 saturated carbocycles. The van der Waals surface area contributed by atoms with Crippen molar-refractivity contribution >= 4 is 11.8 Å². The summed E-state index contributed by atoms with van der Waals surface area (Å²) in [5.74, 6) is 2.22. The van der Waals surface area contributed by atoms with Gasteiger partial charge in [-0.25, -0.2) is 0 Å². The van der Waals surface area contributed by atoms with E-state index in [1.165, 1.54) is 70.3 Å². The molecule has 1 aliphatic carbocycles. The summed E-state index contributed by atoms with van der Waals surface area (Å²) in [6.45, 7) is 8.52. The molecule has 0 unspecified atom stereocenters. The van der Waals surface area contributed by atoms with Gasteiger partial charge in [-0.05, 0) is 38.0 Å². The van der Waals surface area contributed by atoms with Crippen LogP contribution < -0.4 is 5.32 Å². The number of nitrogens with zero attached hydrogens (tertiary/aromatic N) is 1. The number of hydrogen-bond donors (Lipinski definition) is 1. The quantitative estimate of drug-likeness (QED) is 0.584. The van der Waals surface area contributed by atoms with E-state index in [2.05, 4.69) is 23.4 Å². The molecule has 1 fully saturated rings. The molecule has 0 heterocycles. The van der Waals surface area contributed by atoms with Crippen LogP contribution in [-0.2, 0) is 0 Å². The van der Waals surface area contributed by atoms with Gasteiger partial charge >= 0.3 is 0 Å². The molecule has 0 radical (unpaired) electrons. The Morgan fingerprint density at radius 1 is 1.11 bits per heavy atom. The molecule has 1 N–H and O–H groups in total. The Bertz CT molecular complexity index is 193. The average molecular weight is 287 g/mol. The van der Waals surface area contributed by atoms with Crippen LogP contribution in [0.1, 0.15) is 51.9 Å². The molecule has 0 aromatic carbocycles. The van der Waals surface area contributed by atoms with E-state index in [0.29, 0.717) is 0 Å². The second-order valence-corrected chi connectivity index (χ2v) is 6.89. The second-order valence-electron chi connectivity index (χ2n) is 5.90. The van der Waals surface area contributed by atoms with Crippen molar-refractivity contribution in [2.45, 2.75) is 51.9 Å². The minimum Gasteiger partial charge on any atom is -0.315 e. The molecule has 0 amide bonds. The largest absolute Gasteiger partial charge is 0.315 e. The van der Waals surface area contributed by atoms with Gasteiger partial charge in [0.05, 0.1) is 0 Å². The number of hydrogen-bond acceptors (Lipinski definition) is 3. The van der Waals surface area contributed by atoms with Crippen molar-refractivity contribution in [3.63, 3.8) is 0 Å². The number of rotatable bonds is 11. The summed E-state index contributed by atoms with van der Waals surface area (Å²) in [5.41, 5.74) is 0. The van der Waals surface area contributed by atoms with Crippen LogP contribution in [-0.4, -0.2) is 49.6 Å². The summed E-state index contributed by atoms with van der Waals surface area (Å²) in [5, 5.41) is 3.57. The molecule has 2 nitrogen and oxygen atoms in total. The van der Waals surface area contributed by atoms with Crippen molar-refractivity contribution in [3.05, 3.63) is 0 Å². The van der Waals surface area contributed by atoms with E-state index in [1.807, 2.05) is 11.8 Å². The molecule has 0 atom stereocenters. The van der Waals surface area contributed by atoms with Crippen molar-refractivity contribution in [3.8, 4) is 0 Å². The topological polar surface area (TPSA) is 15.3 Å². The Balaban J connectivity index is 2.17. The highest BCUT2D eigenvalue weighted by Crippen LogP contribution is 2.24. The summed E-state index contributed by atoms with van der Waals surface area (Å²) in [4.78, 5) is 2.71. The van der Waals surface area contributed by atoms with Gasteiger partial charge in [-0.15, -0.1) is 0 Å². The first kappa shape index (κ1) is 17.3. The normalized spacial score (nSPS) is 17.2. The third-order valence-corrected chi connectivity index (χ3v) is 4.77. The fourth-order valence-corrected chi connectivity index (χ4v) is 3.30. The van der Waals surface area contributed by atoms with Crippen molar-refractivity contribution in [1.82, 2.24) is 10.2 Å². The van der Waals surface area contributed by atoms with Gasteiger partial charge in [-0.3, -0.25) is 0 Å². The van der Waals surface area contributed by atoms with E-state index in [4.69, 9.17) is 0 Å². The summed E-state index contributed by atoms with van der Waals surface area (Å²) < 4.78 is 0. The van der Waals surface area contributed by atoms with Gasteiger partial charge in [-0.2, -0.15) is 11.8 Å². The van der Waals surface area contributed by atoms with Crippen LogP contribution >= 0.6 is 11.8 Å². The standard InChI is InChI=1S/C16H34N2S/c1-3-4-12-18(13-10-17-11-14-19-2)15-16-8-6-5-7-9-16/h16-17H,3-15H2,1-2H3. The third kappa shape index (κ3) is 8.93. The zero-order chi connectivity index (χ0) is 13.8. The second kappa shape index (κ2) is 12.0. The third-order valence-electron chi connectivity index (χ3n) is 4.16. The maximum absolute atomic E-state index is 3.57. The first-order valence-corrected chi connectivity index (χ1v) is 9.68. The number of nitrogens with one attached hydrogen (secondary N) is 1. The van der Waals surface area contributed by atoms with Crippen LogP contribution in [0.5, 0.6) is 0 Å². The fraction of sp³-hybridized carbons (Fsp3) is 1.00. The minimum absolute atomic E-state index is 0.983. The highest BCUT2D eigenvalue weighted by Gasteiger charge is 2.16. The Hall–Kier alpha value is 0.270. The fourth-order valence-electron chi connectivity index (χ4n) is 2.95. The first-order chi connectivity index (χ1) is 9.36. The van der Waals surface area contributed by atoms with Crippen LogP contribution in [0, 0.1) is 5.92 Å². The molecule has 1 aliphatic rings. The van der Waals surface area contributed by atoms with Crippen molar-refractivity contribution in [1.29, 1.82) is 0 Å². The van der Waals surface area contributed by atoms with Crippen LogP contribution in [0.4, 0.5) is 0 Å². The summed E-state index contributed by atoms with van der Waals surface area (Å²) in [6.07, 6.45) is 12.2. The predicted octanol–water partition coefficient (Wildman–Crippen LogP) is 3.62. The SMILES string of the molecule is CCCCN(CCNCCSC)CC1CCCCC1. The molecule has 1 rings (SSSR count). The van der Waals surface area contributed by atoms with Gasteiger partial charge in [0.2, 0.25) is 0 Å². The van der Waals surface area contributed by atoms with Crippen molar-refractivity contribution in [2.24, 2.45) is 5.92 Å². The van der Waals surface area contributed by atoms with Gasteiger partial charge in [-0.1, -0.05) is 32.6 Å². The molecule has 19 heavy (non-hydrogen) atoms. The van der Waals surface area contributed by atoms with Gasteiger partial charge < -0.3 is 10.2 Å². The lowest BCUT2D eigenvalue weighted by molar-refractivity contribution is 0.199. The zero-order valence-corrected chi connectivity index (χ0v) is 13.9. The van der Waals surface area contributed by atoms with Gasteiger partial charge in [0.15, 0.2) is 0 Å². The lowest BCUT2D eigenvalue weighted by atomic mass is 9.89. The molecule has 0 saturated heterocycles. The lowest BCUT2D eigenvalue weighted by Crippen LogP contribution is -2.37. The highest BCUT2D eigenvalue weighted by molar-refractivity contribution is 7.98. The number of unbranched alkanes of at least 4 members (excludes halogenated alkanes) is 1. The van der Waals surface area contributed by atoms with Crippen LogP contribution in [0.2, 0.25) is 0 Å². The van der Waals surface area contributed by atoms with Crippen molar-refractivity contribution < 1.29 is 0 Å². The molecule has 3 heteroatoms. The van der Waals surface area contributed by atoms with E-state index in [1.54, 1.807) is 0 Å². The van der Waals surface area contributed by atoms with E-state index in [-0.39, 0.29) is 0 Å². The molecule has 0 aliphatic heterocycles. The summed E-state index contributed by atoms with van der Waals surface area (Å²) in [6, 6.07) is 0. The van der Waals surface area contributed by atoms with E-state index >= 15 is 0 Å². The smallest absolute Gasteiger partial charge is 0.0107 e. The molecule has 114 valence electrons. The van der Waals surface area contributed by atoms with E-state index < -0.39 is 0 Å². The molecule has 0 bridgehead atoms. The molecule has 0 spiro atoms. The maximum Gasteiger partial charge on any atom is 0.0107 e. The monoisotopic (exact) mass is 286 g/mol. The average Bonchev–Trinajstić information content (AvgIpc) is 2.45. The first-order valence-electron chi connectivity index (χ1n) is 8.28. The van der Waals surface area contributed by atoms with E-state index in [9.17, 15) is 0 Å². The molecule has 0 aromatic heterocycles. The van der Waals surface area contributed by atoms with Gasteiger partial charge in [0.1, 0.15) is 0 Å². The van der Waals surface area contributed by atoms with Gasteiger partial charge in [0, 0.05) is 31.9 Å². The molecule has 0 aromatic rings. The highest BCUT2D eigenvalue weighted by atomic mass is 32.2. The zero-order valence-electron chi connectivity index (χ0n) is 13.1. The van der Waals surface area contributed by atoms with Crippen molar-refractivity contribution in [2.75, 3.05) is 44.7 Å². The van der Waals surface area contributed by atoms with Gasteiger partial charge in [0.25, 0.3) is 0 Å². The molecular weight excluding hydrogens is 252 g/mol. The summed E-state index contributed by atoms with van der Waals surface area (Å²) >= 11 is 1.93.